The lowest BCUT2D eigenvalue weighted by molar-refractivity contribution is -0.279. The van der Waals surface area contributed by atoms with Gasteiger partial charge in [0.2, 0.25) is 5.91 Å². The van der Waals surface area contributed by atoms with Crippen LogP contribution in [0.15, 0.2) is 12.2 Å². The highest BCUT2D eigenvalue weighted by atomic mass is 16.7. The molecule has 1 saturated heterocycles. The molecule has 1 aliphatic rings. The van der Waals surface area contributed by atoms with E-state index in [0.717, 1.165) is 13.8 Å². The van der Waals surface area contributed by atoms with Gasteiger partial charge >= 0.3 is 23.9 Å². The molecule has 0 aromatic heterocycles. The highest BCUT2D eigenvalue weighted by Gasteiger charge is 2.51. The van der Waals surface area contributed by atoms with Crippen molar-refractivity contribution in [2.24, 2.45) is 0 Å². The van der Waals surface area contributed by atoms with E-state index < -0.39 is 60.4 Å². The van der Waals surface area contributed by atoms with Gasteiger partial charge in [-0.2, -0.15) is 0 Å². The third kappa shape index (κ3) is 9.02. The number of esters is 4. The molecule has 1 heterocycles. The van der Waals surface area contributed by atoms with E-state index in [0.29, 0.717) is 0 Å². The minimum absolute atomic E-state index is 0.148. The lowest BCUT2D eigenvalue weighted by Gasteiger charge is -2.44. The number of nitrogens with one attached hydrogen (secondary N) is 1. The summed E-state index contributed by atoms with van der Waals surface area (Å²) in [6.45, 7) is 8.98. The molecule has 12 heteroatoms. The van der Waals surface area contributed by atoms with E-state index in [9.17, 15) is 24.0 Å². The fourth-order valence-corrected chi connectivity index (χ4v) is 2.86. The Kier molecular flexibility index (Phi) is 10.8. The Balaban J connectivity index is 3.13. The molecule has 0 saturated carbocycles. The molecule has 180 valence electrons. The highest BCUT2D eigenvalue weighted by molar-refractivity contribution is 5.86. The molecule has 5 atom stereocenters. The molecule has 0 aromatic rings. The molecule has 0 radical (unpaired) electrons. The Hall–Kier alpha value is -2.99. The maximum Gasteiger partial charge on any atom is 0.333 e. The van der Waals surface area contributed by atoms with Gasteiger partial charge in [-0.3, -0.25) is 19.2 Å². The molecule has 0 spiro atoms. The van der Waals surface area contributed by atoms with Gasteiger partial charge in [0.05, 0.1) is 6.61 Å². The van der Waals surface area contributed by atoms with Gasteiger partial charge in [-0.1, -0.05) is 6.58 Å². The van der Waals surface area contributed by atoms with Crippen molar-refractivity contribution in [1.29, 1.82) is 0 Å². The molecule has 12 nitrogen and oxygen atoms in total. The first-order chi connectivity index (χ1) is 14.9. The summed E-state index contributed by atoms with van der Waals surface area (Å²) in [5, 5.41) is 2.56. The minimum atomic E-state index is -1.22. The van der Waals surface area contributed by atoms with Crippen molar-refractivity contribution in [3.05, 3.63) is 12.2 Å². The second-order valence-corrected chi connectivity index (χ2v) is 7.01. The standard InChI is InChI=1S/C20H29NO11/c1-10(2)19(26)27-7-8-28-20-16(21-11(3)22)18(31-14(6)25)17(30-13(5)24)15(32-20)9-29-12(4)23/h15-18,20H,1,7-9H2,2-6H3,(H,21,22)/t15?,16?,17-,18?,20-/m1/s1. The molecular weight excluding hydrogens is 430 g/mol. The van der Waals surface area contributed by atoms with Gasteiger partial charge in [-0.25, -0.2) is 4.79 Å². The van der Waals surface area contributed by atoms with Gasteiger partial charge in [-0.15, -0.1) is 0 Å². The van der Waals surface area contributed by atoms with Crippen molar-refractivity contribution in [2.75, 3.05) is 19.8 Å². The molecule has 1 amide bonds. The van der Waals surface area contributed by atoms with E-state index in [1.807, 2.05) is 0 Å². The third-order valence-corrected chi connectivity index (χ3v) is 4.02. The smallest absolute Gasteiger partial charge is 0.333 e. The normalized spacial score (nSPS) is 24.6. The van der Waals surface area contributed by atoms with Crippen LogP contribution in [0.5, 0.6) is 0 Å². The zero-order valence-corrected chi connectivity index (χ0v) is 18.7. The van der Waals surface area contributed by atoms with Crippen molar-refractivity contribution in [2.45, 2.75) is 65.3 Å². The maximum atomic E-state index is 11.8. The fraction of sp³-hybridized carbons (Fsp3) is 0.650. The summed E-state index contributed by atoms with van der Waals surface area (Å²) >= 11 is 0. The van der Waals surface area contributed by atoms with Gasteiger partial charge in [0.25, 0.3) is 0 Å². The van der Waals surface area contributed by atoms with E-state index in [-0.39, 0.29) is 25.4 Å². The number of hydrogen-bond donors (Lipinski definition) is 1. The van der Waals surface area contributed by atoms with Gasteiger partial charge in [0, 0.05) is 33.3 Å². The lowest BCUT2D eigenvalue weighted by atomic mass is 9.96. The number of amides is 1. The Morgan fingerprint density at radius 3 is 1.94 bits per heavy atom. The van der Waals surface area contributed by atoms with Crippen LogP contribution >= 0.6 is 0 Å². The topological polar surface area (TPSA) is 153 Å². The maximum absolute atomic E-state index is 11.8. The SMILES string of the molecule is C=C(C)C(=O)OCCO[C@@H]1OC(COC(C)=O)[C@@H](OC(C)=O)C(OC(C)=O)C1NC(C)=O. The molecule has 3 unspecified atom stereocenters. The second-order valence-electron chi connectivity index (χ2n) is 7.01. The van der Waals surface area contributed by atoms with Crippen molar-refractivity contribution in [3.63, 3.8) is 0 Å². The van der Waals surface area contributed by atoms with Crippen LogP contribution in [-0.2, 0) is 52.4 Å². The fourth-order valence-electron chi connectivity index (χ4n) is 2.86. The van der Waals surface area contributed by atoms with Crippen LogP contribution < -0.4 is 5.32 Å². The highest BCUT2D eigenvalue weighted by Crippen LogP contribution is 2.28. The number of carbonyl (C=O) groups is 5. The summed E-state index contributed by atoms with van der Waals surface area (Å²) in [7, 11) is 0. The average molecular weight is 459 g/mol. The van der Waals surface area contributed by atoms with E-state index in [1.54, 1.807) is 0 Å². The van der Waals surface area contributed by atoms with Crippen molar-refractivity contribution >= 4 is 29.8 Å². The first kappa shape index (κ1) is 27.0. The molecule has 32 heavy (non-hydrogen) atoms. The van der Waals surface area contributed by atoms with E-state index >= 15 is 0 Å². The molecule has 1 rings (SSSR count). The summed E-state index contributed by atoms with van der Waals surface area (Å²) < 4.78 is 31.9. The number of ether oxygens (including phenoxy) is 6. The van der Waals surface area contributed by atoms with Crippen LogP contribution in [0.1, 0.15) is 34.6 Å². The number of hydrogen-bond acceptors (Lipinski definition) is 11. The summed E-state index contributed by atoms with van der Waals surface area (Å²) in [5.74, 6) is -3.16. The predicted molar refractivity (Wildman–Crippen MR) is 106 cm³/mol. The predicted octanol–water partition coefficient (Wildman–Crippen LogP) is -0.222. The Bertz CT molecular complexity index is 735. The zero-order chi connectivity index (χ0) is 24.4. The summed E-state index contributed by atoms with van der Waals surface area (Å²) in [4.78, 5) is 58.0. The average Bonchev–Trinajstić information content (AvgIpc) is 2.66. The van der Waals surface area contributed by atoms with Crippen molar-refractivity contribution in [3.8, 4) is 0 Å². The molecular formula is C20H29NO11. The van der Waals surface area contributed by atoms with E-state index in [2.05, 4.69) is 11.9 Å². The summed E-state index contributed by atoms with van der Waals surface area (Å²) in [5.41, 5.74) is 0.204. The third-order valence-electron chi connectivity index (χ3n) is 4.02. The second kappa shape index (κ2) is 12.8. The minimum Gasteiger partial charge on any atom is -0.463 e. The monoisotopic (exact) mass is 459 g/mol. The van der Waals surface area contributed by atoms with Gasteiger partial charge in [-0.05, 0) is 6.92 Å². The van der Waals surface area contributed by atoms with E-state index in [1.165, 1.54) is 20.8 Å². The van der Waals surface area contributed by atoms with Crippen LogP contribution in [0.25, 0.3) is 0 Å². The lowest BCUT2D eigenvalue weighted by Crippen LogP contribution is -2.66. The Labute approximate surface area is 185 Å². The molecule has 0 aromatic carbocycles. The van der Waals surface area contributed by atoms with E-state index in [4.69, 9.17) is 28.4 Å². The zero-order valence-electron chi connectivity index (χ0n) is 18.7. The Morgan fingerprint density at radius 1 is 0.844 bits per heavy atom. The van der Waals surface area contributed by atoms with Gasteiger partial charge in [0.1, 0.15) is 25.4 Å². The quantitative estimate of drug-likeness (QED) is 0.200. The summed E-state index contributed by atoms with van der Waals surface area (Å²) in [6.07, 6.45) is -4.74. The van der Waals surface area contributed by atoms with Crippen LogP contribution in [-0.4, -0.2) is 80.2 Å². The van der Waals surface area contributed by atoms with Gasteiger partial charge < -0.3 is 33.7 Å². The first-order valence-electron chi connectivity index (χ1n) is 9.77. The number of carbonyl (C=O) groups excluding carboxylic acids is 5. The summed E-state index contributed by atoms with van der Waals surface area (Å²) in [6, 6.07) is -1.09. The Morgan fingerprint density at radius 2 is 1.44 bits per heavy atom. The molecule has 1 N–H and O–H groups in total. The number of rotatable bonds is 10. The van der Waals surface area contributed by atoms with Crippen LogP contribution in [0.3, 0.4) is 0 Å². The van der Waals surface area contributed by atoms with Crippen LogP contribution in [0.4, 0.5) is 0 Å². The molecule has 0 bridgehead atoms. The largest absolute Gasteiger partial charge is 0.463 e. The first-order valence-corrected chi connectivity index (χ1v) is 9.77. The molecule has 1 aliphatic heterocycles. The van der Waals surface area contributed by atoms with Crippen molar-refractivity contribution < 1.29 is 52.4 Å². The van der Waals surface area contributed by atoms with Gasteiger partial charge in [0.15, 0.2) is 18.5 Å². The van der Waals surface area contributed by atoms with Crippen molar-refractivity contribution in [1.82, 2.24) is 5.32 Å². The van der Waals surface area contributed by atoms with Crippen LogP contribution in [0.2, 0.25) is 0 Å². The molecule has 1 fully saturated rings. The van der Waals surface area contributed by atoms with Crippen LogP contribution in [0, 0.1) is 0 Å². The molecule has 0 aliphatic carbocycles.